The topological polar surface area (TPSA) is 65.2 Å². The number of ether oxygens (including phenoxy) is 1. The van der Waals surface area contributed by atoms with Crippen LogP contribution in [0.15, 0.2) is 34.9 Å². The Morgan fingerprint density at radius 1 is 1.38 bits per heavy atom. The normalized spacial score (nSPS) is 10.1. The molecular weight excluding hydrogens is 208 g/mol. The molecule has 0 amide bonds. The number of rotatable bonds is 3. The SMILES string of the molecule is Cc1noc(OC(=O)Cc2ccccc2)n1. The fourth-order valence-electron chi connectivity index (χ4n) is 1.22. The monoisotopic (exact) mass is 218 g/mol. The Balaban J connectivity index is 1.95. The smallest absolute Gasteiger partial charge is 0.375 e. The van der Waals surface area contributed by atoms with E-state index in [4.69, 9.17) is 4.74 Å². The molecule has 0 spiro atoms. The lowest BCUT2D eigenvalue weighted by molar-refractivity contribution is -0.135. The van der Waals surface area contributed by atoms with Crippen molar-refractivity contribution in [3.63, 3.8) is 0 Å². The van der Waals surface area contributed by atoms with Crippen LogP contribution in [0, 0.1) is 6.92 Å². The van der Waals surface area contributed by atoms with Crippen LogP contribution in [0.25, 0.3) is 0 Å². The summed E-state index contributed by atoms with van der Waals surface area (Å²) in [5, 5.41) is 3.51. The highest BCUT2D eigenvalue weighted by Gasteiger charge is 2.10. The van der Waals surface area contributed by atoms with Gasteiger partial charge in [0, 0.05) is 0 Å². The van der Waals surface area contributed by atoms with Gasteiger partial charge in [-0.3, -0.25) is 9.32 Å². The van der Waals surface area contributed by atoms with E-state index in [1.54, 1.807) is 6.92 Å². The molecule has 0 N–H and O–H groups in total. The number of nitrogens with zero attached hydrogens (tertiary/aromatic N) is 2. The molecule has 0 bridgehead atoms. The van der Waals surface area contributed by atoms with Crippen LogP contribution in [0.3, 0.4) is 0 Å². The zero-order valence-electron chi connectivity index (χ0n) is 8.71. The van der Waals surface area contributed by atoms with Gasteiger partial charge in [-0.05, 0) is 12.5 Å². The summed E-state index contributed by atoms with van der Waals surface area (Å²) < 4.78 is 9.53. The Bertz CT molecular complexity index is 479. The molecular formula is C11H10N2O3. The summed E-state index contributed by atoms with van der Waals surface area (Å²) in [6.45, 7) is 1.65. The quantitative estimate of drug-likeness (QED) is 0.731. The highest BCUT2D eigenvalue weighted by molar-refractivity contribution is 5.74. The van der Waals surface area contributed by atoms with Crippen LogP contribution in [0.5, 0.6) is 6.08 Å². The van der Waals surface area contributed by atoms with Crippen LogP contribution in [-0.4, -0.2) is 16.1 Å². The minimum Gasteiger partial charge on any atom is -0.375 e. The standard InChI is InChI=1S/C11H10N2O3/c1-8-12-11(16-13-8)15-10(14)7-9-5-3-2-4-6-9/h2-6H,7H2,1H3. The number of aryl methyl sites for hydroxylation is 1. The lowest BCUT2D eigenvalue weighted by atomic mass is 10.2. The van der Waals surface area contributed by atoms with Crippen LogP contribution >= 0.6 is 0 Å². The van der Waals surface area contributed by atoms with Crippen LogP contribution < -0.4 is 4.74 Å². The van der Waals surface area contributed by atoms with E-state index < -0.39 is 5.97 Å². The second-order valence-electron chi connectivity index (χ2n) is 3.24. The van der Waals surface area contributed by atoms with E-state index in [1.165, 1.54) is 0 Å². The fourth-order valence-corrected chi connectivity index (χ4v) is 1.22. The summed E-state index contributed by atoms with van der Waals surface area (Å²) in [7, 11) is 0. The Morgan fingerprint density at radius 3 is 2.75 bits per heavy atom. The average molecular weight is 218 g/mol. The van der Waals surface area contributed by atoms with Gasteiger partial charge in [0.1, 0.15) is 0 Å². The second kappa shape index (κ2) is 4.57. The molecule has 82 valence electrons. The van der Waals surface area contributed by atoms with Crippen LogP contribution in [0.1, 0.15) is 11.4 Å². The molecule has 16 heavy (non-hydrogen) atoms. The maximum atomic E-state index is 11.4. The molecule has 0 aliphatic rings. The highest BCUT2D eigenvalue weighted by atomic mass is 16.7. The van der Waals surface area contributed by atoms with Gasteiger partial charge in [0.25, 0.3) is 0 Å². The third-order valence-corrected chi connectivity index (χ3v) is 1.90. The summed E-state index contributed by atoms with van der Waals surface area (Å²) >= 11 is 0. The molecule has 1 aromatic heterocycles. The Hall–Kier alpha value is -2.17. The number of carbonyl (C=O) groups is 1. The van der Waals surface area contributed by atoms with Crippen molar-refractivity contribution < 1.29 is 14.1 Å². The maximum Gasteiger partial charge on any atom is 0.425 e. The number of benzene rings is 1. The van der Waals surface area contributed by atoms with Crippen LogP contribution in [-0.2, 0) is 11.2 Å². The molecule has 0 aliphatic heterocycles. The van der Waals surface area contributed by atoms with Crippen molar-refractivity contribution >= 4 is 5.97 Å². The third kappa shape index (κ3) is 2.66. The molecule has 0 saturated heterocycles. The van der Waals surface area contributed by atoms with Gasteiger partial charge in [-0.1, -0.05) is 35.5 Å². The van der Waals surface area contributed by atoms with Crippen molar-refractivity contribution in [1.82, 2.24) is 10.1 Å². The van der Waals surface area contributed by atoms with E-state index in [1.807, 2.05) is 30.3 Å². The molecule has 0 saturated carbocycles. The first kappa shape index (κ1) is 10.4. The van der Waals surface area contributed by atoms with E-state index in [-0.39, 0.29) is 12.5 Å². The Morgan fingerprint density at radius 2 is 2.12 bits per heavy atom. The lowest BCUT2D eigenvalue weighted by Crippen LogP contribution is -2.11. The van der Waals surface area contributed by atoms with Crippen LogP contribution in [0.2, 0.25) is 0 Å². The number of hydrogen-bond donors (Lipinski definition) is 0. The van der Waals surface area contributed by atoms with Gasteiger partial charge in [0.15, 0.2) is 5.82 Å². The lowest BCUT2D eigenvalue weighted by Gasteiger charge is -1.98. The minimum atomic E-state index is -0.421. The maximum absolute atomic E-state index is 11.4. The second-order valence-corrected chi connectivity index (χ2v) is 3.24. The molecule has 5 heteroatoms. The molecule has 0 fully saturated rings. The van der Waals surface area contributed by atoms with Gasteiger partial charge < -0.3 is 4.74 Å². The highest BCUT2D eigenvalue weighted by Crippen LogP contribution is 2.07. The first-order chi connectivity index (χ1) is 7.74. The first-order valence-electron chi connectivity index (χ1n) is 4.79. The summed E-state index contributed by atoms with van der Waals surface area (Å²) in [5.74, 6) is 0.0114. The van der Waals surface area contributed by atoms with Crippen molar-refractivity contribution in [3.8, 4) is 6.08 Å². The third-order valence-electron chi connectivity index (χ3n) is 1.90. The molecule has 0 aliphatic carbocycles. The largest absolute Gasteiger partial charge is 0.425 e. The molecule has 5 nitrogen and oxygen atoms in total. The molecule has 1 heterocycles. The molecule has 2 aromatic rings. The Labute approximate surface area is 92.0 Å². The van der Waals surface area contributed by atoms with Crippen molar-refractivity contribution in [1.29, 1.82) is 0 Å². The van der Waals surface area contributed by atoms with Gasteiger partial charge >= 0.3 is 12.0 Å². The fraction of sp³-hybridized carbons (Fsp3) is 0.182. The van der Waals surface area contributed by atoms with Gasteiger partial charge in [-0.2, -0.15) is 4.98 Å². The van der Waals surface area contributed by atoms with Gasteiger partial charge in [-0.15, -0.1) is 0 Å². The van der Waals surface area contributed by atoms with E-state index in [0.29, 0.717) is 5.82 Å². The molecule has 0 unspecified atom stereocenters. The molecule has 0 atom stereocenters. The zero-order valence-corrected chi connectivity index (χ0v) is 8.71. The van der Waals surface area contributed by atoms with E-state index in [0.717, 1.165) is 5.56 Å². The van der Waals surface area contributed by atoms with Crippen LogP contribution in [0.4, 0.5) is 0 Å². The summed E-state index contributed by atoms with van der Waals surface area (Å²) in [5.41, 5.74) is 0.878. The molecule has 2 rings (SSSR count). The van der Waals surface area contributed by atoms with E-state index >= 15 is 0 Å². The predicted molar refractivity (Wildman–Crippen MR) is 54.8 cm³/mol. The first-order valence-corrected chi connectivity index (χ1v) is 4.79. The van der Waals surface area contributed by atoms with E-state index in [9.17, 15) is 4.79 Å². The van der Waals surface area contributed by atoms with Gasteiger partial charge in [-0.25, -0.2) is 0 Å². The molecule has 0 radical (unpaired) electrons. The zero-order chi connectivity index (χ0) is 11.4. The molecule has 1 aromatic carbocycles. The van der Waals surface area contributed by atoms with Crippen molar-refractivity contribution in [2.24, 2.45) is 0 Å². The number of carbonyl (C=O) groups excluding carboxylic acids is 1. The number of aromatic nitrogens is 2. The van der Waals surface area contributed by atoms with E-state index in [2.05, 4.69) is 14.7 Å². The number of esters is 1. The predicted octanol–water partition coefficient (Wildman–Crippen LogP) is 1.53. The summed E-state index contributed by atoms with van der Waals surface area (Å²) in [6, 6.07) is 9.30. The van der Waals surface area contributed by atoms with Crippen molar-refractivity contribution in [2.45, 2.75) is 13.3 Å². The summed E-state index contributed by atoms with van der Waals surface area (Å²) in [4.78, 5) is 15.2. The minimum absolute atomic E-state index is 0.113. The van der Waals surface area contributed by atoms with Crippen molar-refractivity contribution in [2.75, 3.05) is 0 Å². The number of hydrogen-bond acceptors (Lipinski definition) is 5. The van der Waals surface area contributed by atoms with Gasteiger partial charge in [0.05, 0.1) is 6.42 Å². The van der Waals surface area contributed by atoms with Gasteiger partial charge in [0.2, 0.25) is 0 Å². The van der Waals surface area contributed by atoms with Crippen molar-refractivity contribution in [3.05, 3.63) is 41.7 Å². The Kier molecular flexibility index (Phi) is 2.95. The average Bonchev–Trinajstić information content (AvgIpc) is 2.65. The summed E-state index contributed by atoms with van der Waals surface area (Å²) in [6.07, 6.45) is 0.0702.